The molecule has 0 radical (unpaired) electrons. The summed E-state index contributed by atoms with van der Waals surface area (Å²) >= 11 is 0. The van der Waals surface area contributed by atoms with Crippen molar-refractivity contribution in [2.24, 2.45) is 0 Å². The number of para-hydroxylation sites is 2. The van der Waals surface area contributed by atoms with Gasteiger partial charge in [0, 0.05) is 5.56 Å². The van der Waals surface area contributed by atoms with E-state index in [1.807, 2.05) is 28.8 Å². The third kappa shape index (κ3) is 3.60. The summed E-state index contributed by atoms with van der Waals surface area (Å²) in [6.07, 6.45) is 2.11. The highest BCUT2D eigenvalue weighted by molar-refractivity contribution is 5.96. The summed E-state index contributed by atoms with van der Waals surface area (Å²) in [6, 6.07) is 13.2. The average molecular weight is 368 g/mol. The van der Waals surface area contributed by atoms with Crippen molar-refractivity contribution in [2.75, 3.05) is 20.0 Å². The lowest BCUT2D eigenvalue weighted by molar-refractivity contribution is -0.642. The van der Waals surface area contributed by atoms with Crippen LogP contribution in [0.2, 0.25) is 0 Å². The molecule has 2 N–H and O–H groups in total. The maximum Gasteiger partial charge on any atom is 0.356 e. The normalized spacial score (nSPS) is 10.9. The molecule has 1 heterocycles. The highest BCUT2D eigenvalue weighted by Gasteiger charge is 2.23. The Bertz CT molecular complexity index is 963. The first-order valence-corrected chi connectivity index (χ1v) is 9.12. The SMILES string of the molecule is CCCCn1c(N)[n+](CC(=O)c2ccc(OC)c(OC)c2)c2ccccc21. The number of nitrogens with zero attached hydrogens (tertiary/aromatic N) is 2. The zero-order chi connectivity index (χ0) is 19.4. The molecular weight excluding hydrogens is 342 g/mol. The number of nitrogen functional groups attached to an aromatic ring is 1. The van der Waals surface area contributed by atoms with Gasteiger partial charge in [0.05, 0.1) is 20.8 Å². The van der Waals surface area contributed by atoms with Crippen LogP contribution in [0.1, 0.15) is 30.1 Å². The van der Waals surface area contributed by atoms with E-state index in [2.05, 4.69) is 11.5 Å². The Balaban J connectivity index is 1.97. The van der Waals surface area contributed by atoms with Crippen molar-refractivity contribution < 1.29 is 18.8 Å². The van der Waals surface area contributed by atoms with Gasteiger partial charge in [-0.25, -0.2) is 9.13 Å². The van der Waals surface area contributed by atoms with Crippen molar-refractivity contribution in [3.05, 3.63) is 48.0 Å². The highest BCUT2D eigenvalue weighted by Crippen LogP contribution is 2.28. The Labute approximate surface area is 159 Å². The summed E-state index contributed by atoms with van der Waals surface area (Å²) in [4.78, 5) is 12.9. The fourth-order valence-corrected chi connectivity index (χ4v) is 3.28. The molecule has 0 atom stereocenters. The summed E-state index contributed by atoms with van der Waals surface area (Å²) < 4.78 is 14.5. The number of rotatable bonds is 8. The molecule has 2 aromatic carbocycles. The van der Waals surface area contributed by atoms with Gasteiger partial charge >= 0.3 is 5.95 Å². The molecule has 0 amide bonds. The van der Waals surface area contributed by atoms with Gasteiger partial charge in [0.15, 0.2) is 17.3 Å². The van der Waals surface area contributed by atoms with Crippen molar-refractivity contribution >= 4 is 22.8 Å². The molecule has 0 saturated carbocycles. The summed E-state index contributed by atoms with van der Waals surface area (Å²) in [5.41, 5.74) is 8.98. The zero-order valence-electron chi connectivity index (χ0n) is 16.1. The standard InChI is InChI=1S/C21H25N3O3/c1-4-5-12-23-16-8-6-7-9-17(16)24(21(23)22)14-18(25)15-10-11-19(26-2)20(13-15)27-3/h6-11,13,22H,4-5,12,14H2,1-3H3/p+1. The lowest BCUT2D eigenvalue weighted by Crippen LogP contribution is -2.40. The van der Waals surface area contributed by atoms with Crippen LogP contribution in [-0.4, -0.2) is 24.6 Å². The molecule has 0 fully saturated rings. The van der Waals surface area contributed by atoms with Gasteiger partial charge < -0.3 is 9.47 Å². The molecule has 1 aromatic heterocycles. The van der Waals surface area contributed by atoms with Gasteiger partial charge in [0.25, 0.3) is 0 Å². The van der Waals surface area contributed by atoms with E-state index in [0.717, 1.165) is 30.4 Å². The fourth-order valence-electron chi connectivity index (χ4n) is 3.28. The Kier molecular flexibility index (Phi) is 5.64. The zero-order valence-corrected chi connectivity index (χ0v) is 16.1. The topological polar surface area (TPSA) is 70.4 Å². The quantitative estimate of drug-likeness (QED) is 0.490. The Morgan fingerprint density at radius 2 is 1.85 bits per heavy atom. The molecule has 0 bridgehead atoms. The second-order valence-corrected chi connectivity index (χ2v) is 6.43. The van der Waals surface area contributed by atoms with Crippen molar-refractivity contribution in [2.45, 2.75) is 32.9 Å². The number of benzene rings is 2. The first-order chi connectivity index (χ1) is 13.1. The molecule has 142 valence electrons. The van der Waals surface area contributed by atoms with E-state index in [9.17, 15) is 4.79 Å². The lowest BCUT2D eigenvalue weighted by Gasteiger charge is -2.09. The van der Waals surface area contributed by atoms with E-state index in [1.54, 1.807) is 32.4 Å². The van der Waals surface area contributed by atoms with Crippen LogP contribution in [0.4, 0.5) is 5.95 Å². The molecule has 6 nitrogen and oxygen atoms in total. The number of fused-ring (bicyclic) bond motifs is 1. The molecule has 27 heavy (non-hydrogen) atoms. The second-order valence-electron chi connectivity index (χ2n) is 6.43. The van der Waals surface area contributed by atoms with E-state index in [4.69, 9.17) is 15.2 Å². The summed E-state index contributed by atoms with van der Waals surface area (Å²) in [5.74, 6) is 1.69. The smallest absolute Gasteiger partial charge is 0.356 e. The monoisotopic (exact) mass is 368 g/mol. The molecule has 0 aliphatic rings. The van der Waals surface area contributed by atoms with Crippen LogP contribution in [0, 0.1) is 0 Å². The molecule has 0 aliphatic carbocycles. The molecule has 3 aromatic rings. The minimum Gasteiger partial charge on any atom is -0.493 e. The number of ketones is 1. The van der Waals surface area contributed by atoms with Crippen molar-refractivity contribution in [3.63, 3.8) is 0 Å². The number of carbonyl (C=O) groups is 1. The number of anilines is 1. The van der Waals surface area contributed by atoms with E-state index < -0.39 is 0 Å². The number of imidazole rings is 1. The van der Waals surface area contributed by atoms with Gasteiger partial charge in [-0.1, -0.05) is 25.5 Å². The minimum absolute atomic E-state index is 0.0361. The number of carbonyl (C=O) groups excluding carboxylic acids is 1. The molecule has 0 unspecified atom stereocenters. The van der Waals surface area contributed by atoms with Crippen molar-refractivity contribution in [1.82, 2.24) is 4.57 Å². The number of hydrogen-bond acceptors (Lipinski definition) is 4. The van der Waals surface area contributed by atoms with Gasteiger partial charge in [-0.05, 0) is 36.8 Å². The highest BCUT2D eigenvalue weighted by atomic mass is 16.5. The number of unbranched alkanes of at least 4 members (excludes halogenated alkanes) is 1. The van der Waals surface area contributed by atoms with E-state index >= 15 is 0 Å². The van der Waals surface area contributed by atoms with Crippen molar-refractivity contribution in [3.8, 4) is 11.5 Å². The summed E-state index contributed by atoms with van der Waals surface area (Å²) in [5, 5.41) is 0. The molecule has 0 aliphatic heterocycles. The summed E-state index contributed by atoms with van der Waals surface area (Å²) in [6.45, 7) is 3.15. The van der Waals surface area contributed by atoms with Gasteiger partial charge in [-0.3, -0.25) is 10.5 Å². The first-order valence-electron chi connectivity index (χ1n) is 9.12. The van der Waals surface area contributed by atoms with Crippen molar-refractivity contribution in [1.29, 1.82) is 0 Å². The molecule has 0 spiro atoms. The van der Waals surface area contributed by atoms with E-state index in [-0.39, 0.29) is 12.3 Å². The number of methoxy groups -OCH3 is 2. The van der Waals surface area contributed by atoms with Gasteiger partial charge in [0.1, 0.15) is 17.6 Å². The van der Waals surface area contributed by atoms with Crippen LogP contribution < -0.4 is 19.8 Å². The number of aromatic nitrogens is 2. The Morgan fingerprint density at radius 3 is 2.56 bits per heavy atom. The molecule has 0 saturated heterocycles. The van der Waals surface area contributed by atoms with E-state index in [1.165, 1.54) is 0 Å². The second kappa shape index (κ2) is 8.12. The van der Waals surface area contributed by atoms with Crippen LogP contribution in [0.5, 0.6) is 11.5 Å². The van der Waals surface area contributed by atoms with Gasteiger partial charge in [-0.2, -0.15) is 0 Å². The molecular formula is C21H26N3O3+. The number of ether oxygens (including phenoxy) is 2. The van der Waals surface area contributed by atoms with Gasteiger partial charge in [-0.15, -0.1) is 0 Å². The lowest BCUT2D eigenvalue weighted by atomic mass is 10.1. The minimum atomic E-state index is -0.0361. The van der Waals surface area contributed by atoms with Crippen LogP contribution in [-0.2, 0) is 13.1 Å². The maximum absolute atomic E-state index is 12.9. The predicted octanol–water partition coefficient (Wildman–Crippen LogP) is 3.21. The number of nitrogens with two attached hydrogens (primary N) is 1. The number of aryl methyl sites for hydroxylation is 1. The average Bonchev–Trinajstić information content (AvgIpc) is 2.97. The molecule has 3 rings (SSSR count). The van der Waals surface area contributed by atoms with Crippen LogP contribution >= 0.6 is 0 Å². The first kappa shape index (κ1) is 18.8. The fraction of sp³-hybridized carbons (Fsp3) is 0.333. The third-order valence-electron chi connectivity index (χ3n) is 4.76. The number of hydrogen-bond donors (Lipinski definition) is 1. The predicted molar refractivity (Wildman–Crippen MR) is 105 cm³/mol. The van der Waals surface area contributed by atoms with Crippen LogP contribution in [0.25, 0.3) is 11.0 Å². The Morgan fingerprint density at radius 1 is 1.11 bits per heavy atom. The van der Waals surface area contributed by atoms with Gasteiger partial charge in [0.2, 0.25) is 0 Å². The van der Waals surface area contributed by atoms with E-state index in [0.29, 0.717) is 23.0 Å². The van der Waals surface area contributed by atoms with Crippen LogP contribution in [0.3, 0.4) is 0 Å². The Hall–Kier alpha value is -3.02. The molecule has 6 heteroatoms. The maximum atomic E-state index is 12.9. The van der Waals surface area contributed by atoms with Crippen LogP contribution in [0.15, 0.2) is 42.5 Å². The largest absolute Gasteiger partial charge is 0.493 e. The summed E-state index contributed by atoms with van der Waals surface area (Å²) in [7, 11) is 3.13. The third-order valence-corrected chi connectivity index (χ3v) is 4.76. The number of Topliss-reactive ketones (excluding diaryl/α,β-unsaturated/α-hetero) is 1.